The number of amides is 2. The molecule has 8 heteroatoms. The Morgan fingerprint density at radius 2 is 1.42 bits per heavy atom. The number of carbonyl (C=O) groups is 4. The van der Waals surface area contributed by atoms with E-state index in [-0.39, 0.29) is 11.3 Å². The van der Waals surface area contributed by atoms with Gasteiger partial charge in [-0.05, 0) is 35.4 Å². The van der Waals surface area contributed by atoms with Crippen LogP contribution >= 0.6 is 0 Å². The minimum atomic E-state index is -0.777. The summed E-state index contributed by atoms with van der Waals surface area (Å²) in [6.45, 7) is -0.971. The van der Waals surface area contributed by atoms with Crippen molar-refractivity contribution in [1.82, 2.24) is 5.32 Å². The second-order valence-electron chi connectivity index (χ2n) is 6.87. The Balaban J connectivity index is 1.45. The molecule has 33 heavy (non-hydrogen) atoms. The van der Waals surface area contributed by atoms with Crippen LogP contribution in [0.25, 0.3) is 11.1 Å². The van der Waals surface area contributed by atoms with Gasteiger partial charge in [0.15, 0.2) is 6.61 Å². The van der Waals surface area contributed by atoms with E-state index < -0.39 is 36.9 Å². The molecule has 0 aliphatic heterocycles. The van der Waals surface area contributed by atoms with E-state index in [9.17, 15) is 19.2 Å². The van der Waals surface area contributed by atoms with Gasteiger partial charge in [-0.25, -0.2) is 4.79 Å². The van der Waals surface area contributed by atoms with Crippen molar-refractivity contribution in [3.63, 3.8) is 0 Å². The van der Waals surface area contributed by atoms with Crippen molar-refractivity contribution in [2.45, 2.75) is 0 Å². The number of benzene rings is 3. The van der Waals surface area contributed by atoms with Crippen LogP contribution in [0, 0.1) is 0 Å². The molecule has 0 heterocycles. The summed E-state index contributed by atoms with van der Waals surface area (Å²) >= 11 is 0. The van der Waals surface area contributed by atoms with E-state index in [2.05, 4.69) is 15.4 Å². The molecule has 0 saturated carbocycles. The van der Waals surface area contributed by atoms with Crippen molar-refractivity contribution >= 4 is 29.4 Å². The van der Waals surface area contributed by atoms with Crippen LogP contribution in [-0.2, 0) is 19.1 Å². The average molecular weight is 446 g/mol. The Morgan fingerprint density at radius 1 is 0.788 bits per heavy atom. The molecule has 2 N–H and O–H groups in total. The summed E-state index contributed by atoms with van der Waals surface area (Å²) in [5.41, 5.74) is 2.79. The van der Waals surface area contributed by atoms with Gasteiger partial charge in [0.2, 0.25) is 0 Å². The molecule has 3 aromatic rings. The molecule has 0 aromatic heterocycles. The summed E-state index contributed by atoms with van der Waals surface area (Å²) < 4.78 is 9.54. The standard InChI is InChI=1S/C25H22N2O6/c1-32-25(31)20-9-5-6-10-21(20)27-22(28)16-33-23(29)15-26-24(30)19-13-11-18(12-14-19)17-7-3-2-4-8-17/h2-14H,15-16H2,1H3,(H,26,30)(H,27,28). The summed E-state index contributed by atoms with van der Waals surface area (Å²) in [4.78, 5) is 48.0. The highest BCUT2D eigenvalue weighted by Gasteiger charge is 2.15. The third-order valence-electron chi connectivity index (χ3n) is 4.62. The zero-order chi connectivity index (χ0) is 23.6. The molecule has 168 valence electrons. The van der Waals surface area contributed by atoms with Crippen molar-refractivity contribution in [2.75, 3.05) is 25.6 Å². The first kappa shape index (κ1) is 23.2. The number of ether oxygens (including phenoxy) is 2. The van der Waals surface area contributed by atoms with Crippen LogP contribution in [0.15, 0.2) is 78.9 Å². The fourth-order valence-corrected chi connectivity index (χ4v) is 2.96. The lowest BCUT2D eigenvalue weighted by molar-refractivity contribution is -0.146. The summed E-state index contributed by atoms with van der Waals surface area (Å²) in [7, 11) is 1.23. The largest absolute Gasteiger partial charge is 0.465 e. The van der Waals surface area contributed by atoms with E-state index >= 15 is 0 Å². The minimum Gasteiger partial charge on any atom is -0.465 e. The molecular weight excluding hydrogens is 424 g/mol. The highest BCUT2D eigenvalue weighted by molar-refractivity contribution is 6.02. The van der Waals surface area contributed by atoms with E-state index in [1.807, 2.05) is 42.5 Å². The highest BCUT2D eigenvalue weighted by atomic mass is 16.5. The maximum absolute atomic E-state index is 12.3. The summed E-state index contributed by atoms with van der Waals surface area (Å²) in [6.07, 6.45) is 0. The molecule has 8 nitrogen and oxygen atoms in total. The first-order valence-corrected chi connectivity index (χ1v) is 10.0. The summed E-state index contributed by atoms with van der Waals surface area (Å²) in [5.74, 6) is -2.46. The lowest BCUT2D eigenvalue weighted by Gasteiger charge is -2.10. The summed E-state index contributed by atoms with van der Waals surface area (Å²) in [5, 5.41) is 4.94. The van der Waals surface area contributed by atoms with E-state index in [0.717, 1.165) is 11.1 Å². The Morgan fingerprint density at radius 3 is 2.12 bits per heavy atom. The molecular formula is C25H22N2O6. The number of rotatable bonds is 8. The van der Waals surface area contributed by atoms with E-state index in [4.69, 9.17) is 4.74 Å². The molecule has 2 amide bonds. The number of hydrogen-bond donors (Lipinski definition) is 2. The van der Waals surface area contributed by atoms with Gasteiger partial charge in [0.25, 0.3) is 11.8 Å². The van der Waals surface area contributed by atoms with E-state index in [1.165, 1.54) is 19.2 Å². The molecule has 3 aromatic carbocycles. The van der Waals surface area contributed by atoms with Gasteiger partial charge in [-0.2, -0.15) is 0 Å². The van der Waals surface area contributed by atoms with Crippen molar-refractivity contribution in [1.29, 1.82) is 0 Å². The van der Waals surface area contributed by atoms with Crippen LogP contribution in [0.3, 0.4) is 0 Å². The first-order valence-electron chi connectivity index (χ1n) is 10.0. The van der Waals surface area contributed by atoms with Gasteiger partial charge >= 0.3 is 11.9 Å². The van der Waals surface area contributed by atoms with Crippen molar-refractivity contribution in [3.8, 4) is 11.1 Å². The van der Waals surface area contributed by atoms with Gasteiger partial charge in [0.05, 0.1) is 18.4 Å². The third-order valence-corrected chi connectivity index (χ3v) is 4.62. The highest BCUT2D eigenvalue weighted by Crippen LogP contribution is 2.19. The molecule has 0 atom stereocenters. The van der Waals surface area contributed by atoms with Crippen molar-refractivity contribution in [3.05, 3.63) is 90.0 Å². The number of esters is 2. The third kappa shape index (κ3) is 6.51. The second-order valence-corrected chi connectivity index (χ2v) is 6.87. The Bertz CT molecular complexity index is 1140. The Hall–Kier alpha value is -4.46. The van der Waals surface area contributed by atoms with Crippen LogP contribution < -0.4 is 10.6 Å². The predicted molar refractivity (Wildman–Crippen MR) is 122 cm³/mol. The topological polar surface area (TPSA) is 111 Å². The normalized spacial score (nSPS) is 10.1. The lowest BCUT2D eigenvalue weighted by Crippen LogP contribution is -2.32. The van der Waals surface area contributed by atoms with Crippen LogP contribution in [0.1, 0.15) is 20.7 Å². The predicted octanol–water partition coefficient (Wildman–Crippen LogP) is 3.05. The van der Waals surface area contributed by atoms with Crippen LogP contribution in [0.4, 0.5) is 5.69 Å². The van der Waals surface area contributed by atoms with E-state index in [0.29, 0.717) is 5.56 Å². The summed E-state index contributed by atoms with van der Waals surface area (Å²) in [6, 6.07) is 23.0. The molecule has 0 spiro atoms. The van der Waals surface area contributed by atoms with Gasteiger partial charge in [-0.3, -0.25) is 14.4 Å². The monoisotopic (exact) mass is 446 g/mol. The number of nitrogens with one attached hydrogen (secondary N) is 2. The smallest absolute Gasteiger partial charge is 0.339 e. The fourth-order valence-electron chi connectivity index (χ4n) is 2.96. The average Bonchev–Trinajstić information content (AvgIpc) is 2.86. The van der Waals surface area contributed by atoms with Crippen LogP contribution in [0.2, 0.25) is 0 Å². The SMILES string of the molecule is COC(=O)c1ccccc1NC(=O)COC(=O)CNC(=O)c1ccc(-c2ccccc2)cc1. The number of anilines is 1. The Kier molecular flexibility index (Phi) is 7.91. The first-order chi connectivity index (χ1) is 16.0. The Labute approximate surface area is 190 Å². The van der Waals surface area contributed by atoms with Gasteiger partial charge < -0.3 is 20.1 Å². The maximum atomic E-state index is 12.3. The fraction of sp³-hybridized carbons (Fsp3) is 0.120. The van der Waals surface area contributed by atoms with Crippen LogP contribution in [-0.4, -0.2) is 44.0 Å². The van der Waals surface area contributed by atoms with Crippen LogP contribution in [0.5, 0.6) is 0 Å². The zero-order valence-electron chi connectivity index (χ0n) is 17.9. The zero-order valence-corrected chi connectivity index (χ0v) is 17.9. The van der Waals surface area contributed by atoms with Gasteiger partial charge in [0, 0.05) is 5.56 Å². The molecule has 0 fully saturated rings. The number of hydrogen-bond acceptors (Lipinski definition) is 6. The van der Waals surface area contributed by atoms with Crippen molar-refractivity contribution < 1.29 is 28.7 Å². The lowest BCUT2D eigenvalue weighted by atomic mass is 10.0. The van der Waals surface area contributed by atoms with E-state index in [1.54, 1.807) is 24.3 Å². The molecule has 0 radical (unpaired) electrons. The molecule has 0 aliphatic rings. The molecule has 0 saturated heterocycles. The number of methoxy groups -OCH3 is 1. The molecule has 0 aliphatic carbocycles. The van der Waals surface area contributed by atoms with Gasteiger partial charge in [-0.1, -0.05) is 54.6 Å². The van der Waals surface area contributed by atoms with Gasteiger partial charge in [0.1, 0.15) is 6.54 Å². The maximum Gasteiger partial charge on any atom is 0.339 e. The number of carbonyl (C=O) groups excluding carboxylic acids is 4. The quantitative estimate of drug-likeness (QED) is 0.515. The molecule has 3 rings (SSSR count). The second kappa shape index (κ2) is 11.2. The van der Waals surface area contributed by atoms with Gasteiger partial charge in [-0.15, -0.1) is 0 Å². The molecule has 0 unspecified atom stereocenters. The number of para-hydroxylation sites is 1. The van der Waals surface area contributed by atoms with Crippen molar-refractivity contribution in [2.24, 2.45) is 0 Å². The minimum absolute atomic E-state index is 0.172. The molecule has 0 bridgehead atoms.